The molecule has 0 radical (unpaired) electrons. The van der Waals surface area contributed by atoms with Crippen molar-refractivity contribution >= 4 is 23.3 Å². The van der Waals surface area contributed by atoms with Crippen molar-refractivity contribution in [2.45, 2.75) is 62.1 Å². The summed E-state index contributed by atoms with van der Waals surface area (Å²) in [5.74, 6) is 0.510. The smallest absolute Gasteiger partial charge is 0.321 e. The predicted octanol–water partition coefficient (Wildman–Crippen LogP) is 2.34. The van der Waals surface area contributed by atoms with Crippen LogP contribution in [0.2, 0.25) is 0 Å². The zero-order valence-corrected chi connectivity index (χ0v) is 17.0. The second-order valence-electron chi connectivity index (χ2n) is 9.41. The highest BCUT2D eigenvalue weighted by Crippen LogP contribution is 2.69. The number of carbonyl (C=O) groups excluding carboxylic acids is 1. The van der Waals surface area contributed by atoms with Crippen LogP contribution in [0, 0.1) is 17.8 Å². The Labute approximate surface area is 170 Å². The van der Waals surface area contributed by atoms with Crippen LogP contribution in [-0.4, -0.2) is 59.4 Å². The lowest BCUT2D eigenvalue weighted by atomic mass is 9.62. The van der Waals surface area contributed by atoms with Gasteiger partial charge in [-0.1, -0.05) is 25.1 Å². The maximum atomic E-state index is 12.4. The molecule has 28 heavy (non-hydrogen) atoms. The van der Waals surface area contributed by atoms with Crippen molar-refractivity contribution in [1.29, 1.82) is 0 Å². The molecule has 1 aromatic carbocycles. The average molecular weight is 403 g/mol. The second kappa shape index (κ2) is 5.65. The number of alkyl halides is 1. The fourth-order valence-corrected chi connectivity index (χ4v) is 8.26. The van der Waals surface area contributed by atoms with E-state index in [0.29, 0.717) is 12.0 Å². The van der Waals surface area contributed by atoms with E-state index in [4.69, 9.17) is 16.3 Å². The monoisotopic (exact) mass is 402 g/mol. The number of ether oxygens (including phenoxy) is 1. The zero-order chi connectivity index (χ0) is 19.4. The van der Waals surface area contributed by atoms with E-state index in [2.05, 4.69) is 48.0 Å². The van der Waals surface area contributed by atoms with Gasteiger partial charge in [0.15, 0.2) is 0 Å². The van der Waals surface area contributed by atoms with Crippen LogP contribution in [-0.2, 0) is 14.9 Å². The first-order chi connectivity index (χ1) is 13.5. The van der Waals surface area contributed by atoms with E-state index in [-0.39, 0.29) is 53.5 Å². The molecular weight excluding hydrogens is 376 g/mol. The number of nitrogens with zero attached hydrogens (tertiary/aromatic N) is 2. The van der Waals surface area contributed by atoms with Gasteiger partial charge in [-0.25, -0.2) is 0 Å². The number of halogens is 1. The summed E-state index contributed by atoms with van der Waals surface area (Å²) in [6.45, 7) is 2.17. The highest BCUT2D eigenvalue weighted by molar-refractivity contribution is 6.26. The molecule has 6 aliphatic rings. The van der Waals surface area contributed by atoms with Gasteiger partial charge >= 0.3 is 5.97 Å². The first kappa shape index (κ1) is 17.5. The van der Waals surface area contributed by atoms with Crippen molar-refractivity contribution in [3.63, 3.8) is 0 Å². The number of piperidine rings is 4. The highest BCUT2D eigenvalue weighted by atomic mass is 35.5. The lowest BCUT2D eigenvalue weighted by Crippen LogP contribution is -2.72. The van der Waals surface area contributed by atoms with Crippen molar-refractivity contribution < 1.29 is 14.6 Å². The van der Waals surface area contributed by atoms with Gasteiger partial charge in [0, 0.05) is 36.7 Å². The van der Waals surface area contributed by atoms with Crippen LogP contribution in [0.5, 0.6) is 0 Å². The summed E-state index contributed by atoms with van der Waals surface area (Å²) in [7, 11) is 2.17. The summed E-state index contributed by atoms with van der Waals surface area (Å²) >= 11 is 5.87. The Kier molecular flexibility index (Phi) is 3.54. The number of esters is 1. The minimum Gasteiger partial charge on any atom is -0.460 e. The van der Waals surface area contributed by atoms with Gasteiger partial charge in [-0.15, -0.1) is 11.6 Å². The Morgan fingerprint density at radius 1 is 1.36 bits per heavy atom. The number of hydrogen-bond acceptors (Lipinski definition) is 5. The van der Waals surface area contributed by atoms with Crippen LogP contribution in [0.15, 0.2) is 24.3 Å². The molecule has 0 aromatic heterocycles. The van der Waals surface area contributed by atoms with Crippen LogP contribution in [0.4, 0.5) is 5.69 Å². The highest BCUT2D eigenvalue weighted by Gasteiger charge is 2.77. The molecule has 1 aromatic rings. The average Bonchev–Trinajstić information content (AvgIpc) is 3.10. The number of carbonyl (C=O) groups is 1. The minimum absolute atomic E-state index is 0.107. The lowest BCUT2D eigenvalue weighted by molar-refractivity contribution is -0.212. The summed E-state index contributed by atoms with van der Waals surface area (Å²) in [6, 6.07) is 9.40. The fourth-order valence-electron chi connectivity index (χ4n) is 8.20. The van der Waals surface area contributed by atoms with E-state index in [1.54, 1.807) is 0 Å². The molecule has 6 heteroatoms. The number of likely N-dealkylation sites (N-methyl/N-ethyl adjacent to an activating group) is 1. The maximum Gasteiger partial charge on any atom is 0.321 e. The second-order valence-corrected chi connectivity index (χ2v) is 9.67. The summed E-state index contributed by atoms with van der Waals surface area (Å²) < 4.78 is 6.19. The summed E-state index contributed by atoms with van der Waals surface area (Å²) in [5.41, 5.74) is 2.36. The van der Waals surface area contributed by atoms with E-state index in [0.717, 1.165) is 19.3 Å². The normalized spacial score (nSPS) is 49.3. The molecule has 7 rings (SSSR count). The van der Waals surface area contributed by atoms with Gasteiger partial charge in [0.25, 0.3) is 0 Å². The Morgan fingerprint density at radius 3 is 2.89 bits per heavy atom. The van der Waals surface area contributed by atoms with E-state index < -0.39 is 0 Å². The molecule has 5 fully saturated rings. The topological polar surface area (TPSA) is 53.0 Å². The van der Waals surface area contributed by atoms with Crippen molar-refractivity contribution in [3.8, 4) is 0 Å². The molecule has 5 nitrogen and oxygen atoms in total. The Hall–Kier alpha value is -1.30. The van der Waals surface area contributed by atoms with Crippen LogP contribution >= 0.6 is 11.6 Å². The molecule has 4 unspecified atom stereocenters. The van der Waals surface area contributed by atoms with Gasteiger partial charge in [0.1, 0.15) is 18.2 Å². The summed E-state index contributed by atoms with van der Waals surface area (Å²) in [6.07, 6.45) is 2.44. The largest absolute Gasteiger partial charge is 0.460 e. The van der Waals surface area contributed by atoms with Crippen LogP contribution in [0.1, 0.15) is 31.7 Å². The number of hydrogen-bond donors (Lipinski definition) is 1. The SMILES string of the molecule is CC[C@@H]1C(O)N2[C@H]3C[C@@]45c6ccccc6N(C)[C@H]4[C@@H]2C[C@@H]1C3C5OC(=O)CCl. The molecule has 150 valence electrons. The molecule has 4 saturated heterocycles. The molecule has 5 aliphatic heterocycles. The van der Waals surface area contributed by atoms with Crippen molar-refractivity contribution in [2.75, 3.05) is 17.8 Å². The first-order valence-electron chi connectivity index (χ1n) is 10.6. The number of aliphatic hydroxyl groups is 1. The maximum absolute atomic E-state index is 12.4. The number of anilines is 1. The predicted molar refractivity (Wildman–Crippen MR) is 106 cm³/mol. The van der Waals surface area contributed by atoms with Crippen molar-refractivity contribution in [2.24, 2.45) is 17.8 Å². The molecule has 1 aliphatic carbocycles. The minimum atomic E-state index is -0.382. The van der Waals surface area contributed by atoms with Gasteiger partial charge in [0.2, 0.25) is 0 Å². The number of benzene rings is 1. The standard InChI is InChI=1S/C22H27ClN2O3/c1-3-11-12-8-15-19-22(13-6-4-5-7-14(13)24(19)2)9-16(25(15)21(11)27)18(12)20(22)28-17(26)10-23/h4-7,11-12,15-16,18-21,27H,3,8-10H2,1-2H3/t11-,12-,15-,16-,18?,19-,20?,21?,22+/m0/s1. The third kappa shape index (κ3) is 1.76. The van der Waals surface area contributed by atoms with Crippen molar-refractivity contribution in [3.05, 3.63) is 29.8 Å². The molecule has 0 amide bonds. The van der Waals surface area contributed by atoms with Gasteiger partial charge in [-0.05, 0) is 36.8 Å². The van der Waals surface area contributed by atoms with Gasteiger partial charge in [-0.3, -0.25) is 9.69 Å². The molecular formula is C22H27ClN2O3. The number of fused-ring (bicyclic) bond motifs is 2. The van der Waals surface area contributed by atoms with Crippen LogP contribution in [0.3, 0.4) is 0 Å². The molecule has 1 saturated carbocycles. The lowest BCUT2D eigenvalue weighted by Gasteiger charge is -2.62. The molecule has 5 bridgehead atoms. The van der Waals surface area contributed by atoms with E-state index in [1.165, 1.54) is 11.3 Å². The van der Waals surface area contributed by atoms with E-state index >= 15 is 0 Å². The number of aliphatic hydroxyl groups excluding tert-OH is 1. The van der Waals surface area contributed by atoms with Crippen LogP contribution in [0.25, 0.3) is 0 Å². The molecule has 1 spiro atoms. The van der Waals surface area contributed by atoms with E-state index in [1.807, 2.05) is 0 Å². The third-order valence-electron chi connectivity index (χ3n) is 8.79. The summed E-state index contributed by atoms with van der Waals surface area (Å²) in [5, 5.41) is 11.2. The Bertz CT molecular complexity index is 849. The Balaban J connectivity index is 1.57. The summed E-state index contributed by atoms with van der Waals surface area (Å²) in [4.78, 5) is 17.2. The number of para-hydroxylation sites is 1. The Morgan fingerprint density at radius 2 is 2.14 bits per heavy atom. The molecule has 5 heterocycles. The van der Waals surface area contributed by atoms with Crippen LogP contribution < -0.4 is 4.90 Å². The van der Waals surface area contributed by atoms with E-state index in [9.17, 15) is 9.90 Å². The fraction of sp³-hybridized carbons (Fsp3) is 0.682. The first-order valence-corrected chi connectivity index (χ1v) is 11.1. The quantitative estimate of drug-likeness (QED) is 0.621. The number of rotatable bonds is 3. The molecule has 10 atom stereocenters. The van der Waals surface area contributed by atoms with Gasteiger partial charge < -0.3 is 14.7 Å². The zero-order valence-electron chi connectivity index (χ0n) is 16.3. The van der Waals surface area contributed by atoms with Gasteiger partial charge in [0.05, 0.1) is 11.5 Å². The third-order valence-corrected chi connectivity index (χ3v) is 9.01. The molecule has 1 N–H and O–H groups in total. The van der Waals surface area contributed by atoms with Crippen molar-refractivity contribution in [1.82, 2.24) is 4.90 Å². The van der Waals surface area contributed by atoms with Gasteiger partial charge in [-0.2, -0.15) is 0 Å².